The molecule has 0 amide bonds. The average molecular weight is 391 g/mol. The van der Waals surface area contributed by atoms with Gasteiger partial charge >= 0.3 is 0 Å². The van der Waals surface area contributed by atoms with Gasteiger partial charge in [-0.1, -0.05) is 41.6 Å². The molecular weight excluding hydrogens is 372 g/mol. The summed E-state index contributed by atoms with van der Waals surface area (Å²) >= 11 is 7.36. The van der Waals surface area contributed by atoms with E-state index in [2.05, 4.69) is 16.3 Å². The maximum atomic E-state index is 5.92. The molecule has 0 aliphatic heterocycles. The fourth-order valence-electron chi connectivity index (χ4n) is 2.20. The molecule has 3 rings (SSSR count). The van der Waals surface area contributed by atoms with Crippen LogP contribution in [0.4, 0.5) is 0 Å². The van der Waals surface area contributed by atoms with E-state index in [4.69, 9.17) is 25.5 Å². The topological polar surface area (TPSA) is 57.4 Å². The number of rotatable bonds is 8. The molecule has 0 atom stereocenters. The highest BCUT2D eigenvalue weighted by atomic mass is 35.5. The Labute approximate surface area is 161 Å². The van der Waals surface area contributed by atoms with Crippen molar-refractivity contribution < 1.29 is 13.9 Å². The third-order valence-electron chi connectivity index (χ3n) is 3.52. The highest BCUT2D eigenvalue weighted by Gasteiger charge is 2.09. The molecule has 26 heavy (non-hydrogen) atoms. The van der Waals surface area contributed by atoms with Gasteiger partial charge in [0.25, 0.3) is 11.1 Å². The quantitative estimate of drug-likeness (QED) is 0.394. The van der Waals surface area contributed by atoms with Gasteiger partial charge in [-0.3, -0.25) is 0 Å². The molecular formula is C19H19ClN2O3S. The molecule has 0 radical (unpaired) electrons. The lowest BCUT2D eigenvalue weighted by Crippen LogP contribution is -1.99. The third-order valence-corrected chi connectivity index (χ3v) is 4.53. The summed E-state index contributed by atoms with van der Waals surface area (Å²) in [6.45, 7) is 4.79. The minimum atomic E-state index is 0.247. The second-order valence-corrected chi connectivity index (χ2v) is 7.16. The summed E-state index contributed by atoms with van der Waals surface area (Å²) < 4.78 is 17.0. The fraction of sp³-hybridized carbons (Fsp3) is 0.263. The Morgan fingerprint density at radius 3 is 2.81 bits per heavy atom. The molecule has 1 heterocycles. The van der Waals surface area contributed by atoms with Crippen LogP contribution in [0, 0.1) is 13.8 Å². The van der Waals surface area contributed by atoms with Gasteiger partial charge in [0, 0.05) is 10.8 Å². The highest BCUT2D eigenvalue weighted by molar-refractivity contribution is 7.99. The van der Waals surface area contributed by atoms with Gasteiger partial charge in [0.1, 0.15) is 11.5 Å². The van der Waals surface area contributed by atoms with Gasteiger partial charge in [0.05, 0.1) is 6.61 Å². The van der Waals surface area contributed by atoms with Gasteiger partial charge in [0.2, 0.25) is 0 Å². The van der Waals surface area contributed by atoms with Crippen molar-refractivity contribution in [2.45, 2.75) is 25.7 Å². The van der Waals surface area contributed by atoms with E-state index in [9.17, 15) is 0 Å². The van der Waals surface area contributed by atoms with E-state index >= 15 is 0 Å². The maximum absolute atomic E-state index is 5.92. The van der Waals surface area contributed by atoms with Crippen molar-refractivity contribution >= 4 is 23.4 Å². The largest absolute Gasteiger partial charge is 0.493 e. The van der Waals surface area contributed by atoms with Crippen molar-refractivity contribution in [1.29, 1.82) is 0 Å². The van der Waals surface area contributed by atoms with Crippen LogP contribution in [0.2, 0.25) is 5.02 Å². The van der Waals surface area contributed by atoms with E-state index in [-0.39, 0.29) is 6.61 Å². The Bertz CT molecular complexity index is 869. The average Bonchev–Trinajstić information content (AvgIpc) is 3.07. The second-order valence-electron chi connectivity index (χ2n) is 5.67. The first-order chi connectivity index (χ1) is 12.6. The minimum Gasteiger partial charge on any atom is -0.493 e. The number of ether oxygens (including phenoxy) is 2. The lowest BCUT2D eigenvalue weighted by atomic mass is 10.1. The number of nitrogens with zero attached hydrogens (tertiary/aromatic N) is 2. The molecule has 1 aromatic heterocycles. The highest BCUT2D eigenvalue weighted by Crippen LogP contribution is 2.22. The van der Waals surface area contributed by atoms with Crippen LogP contribution in [0.3, 0.4) is 0 Å². The summed E-state index contributed by atoms with van der Waals surface area (Å²) in [5.74, 6) is 2.70. The molecule has 7 heteroatoms. The zero-order valence-corrected chi connectivity index (χ0v) is 16.1. The molecule has 0 saturated heterocycles. The van der Waals surface area contributed by atoms with E-state index in [1.807, 2.05) is 44.2 Å². The summed E-state index contributed by atoms with van der Waals surface area (Å²) in [5, 5.41) is 9.18. The van der Waals surface area contributed by atoms with Crippen LogP contribution in [0.1, 0.15) is 17.0 Å². The predicted octanol–water partition coefficient (Wildman–Crippen LogP) is 5.09. The lowest BCUT2D eigenvalue weighted by Gasteiger charge is -2.07. The molecule has 0 aliphatic rings. The first-order valence-electron chi connectivity index (χ1n) is 8.14. The maximum Gasteiger partial charge on any atom is 0.276 e. The van der Waals surface area contributed by atoms with Crippen molar-refractivity contribution in [1.82, 2.24) is 10.2 Å². The van der Waals surface area contributed by atoms with Crippen LogP contribution in [-0.4, -0.2) is 22.6 Å². The predicted molar refractivity (Wildman–Crippen MR) is 102 cm³/mol. The summed E-state index contributed by atoms with van der Waals surface area (Å²) in [4.78, 5) is 0. The van der Waals surface area contributed by atoms with E-state index < -0.39 is 0 Å². The second kappa shape index (κ2) is 8.96. The number of aromatic nitrogens is 2. The molecule has 0 saturated carbocycles. The number of benzene rings is 2. The van der Waals surface area contributed by atoms with Crippen LogP contribution in [-0.2, 0) is 6.61 Å². The molecule has 3 aromatic rings. The lowest BCUT2D eigenvalue weighted by molar-refractivity contribution is 0.250. The van der Waals surface area contributed by atoms with Crippen molar-refractivity contribution in [3.63, 3.8) is 0 Å². The monoisotopic (exact) mass is 390 g/mol. The molecule has 0 N–H and O–H groups in total. The minimum absolute atomic E-state index is 0.247. The van der Waals surface area contributed by atoms with Gasteiger partial charge in [-0.15, -0.1) is 10.2 Å². The Hall–Kier alpha value is -2.18. The summed E-state index contributed by atoms with van der Waals surface area (Å²) in [6, 6.07) is 13.4. The van der Waals surface area contributed by atoms with Crippen LogP contribution < -0.4 is 9.47 Å². The smallest absolute Gasteiger partial charge is 0.276 e. The van der Waals surface area contributed by atoms with Crippen molar-refractivity contribution in [2.24, 2.45) is 0 Å². The van der Waals surface area contributed by atoms with Crippen LogP contribution in [0.25, 0.3) is 0 Å². The number of hydrogen-bond donors (Lipinski definition) is 0. The van der Waals surface area contributed by atoms with Gasteiger partial charge in [-0.2, -0.15) is 0 Å². The zero-order chi connectivity index (χ0) is 18.4. The number of thioether (sulfide) groups is 1. The zero-order valence-electron chi connectivity index (χ0n) is 14.6. The van der Waals surface area contributed by atoms with Crippen LogP contribution >= 0.6 is 23.4 Å². The molecule has 0 bridgehead atoms. The summed E-state index contributed by atoms with van der Waals surface area (Å²) in [7, 11) is 0. The number of hydrogen-bond acceptors (Lipinski definition) is 6. The molecule has 5 nitrogen and oxygen atoms in total. The van der Waals surface area contributed by atoms with E-state index in [0.29, 0.717) is 28.5 Å². The molecule has 2 aromatic carbocycles. The van der Waals surface area contributed by atoms with Gasteiger partial charge < -0.3 is 13.9 Å². The van der Waals surface area contributed by atoms with Gasteiger partial charge in [-0.25, -0.2) is 0 Å². The summed E-state index contributed by atoms with van der Waals surface area (Å²) in [6.07, 6.45) is 0. The molecule has 136 valence electrons. The van der Waals surface area contributed by atoms with Crippen molar-refractivity contribution in [3.8, 4) is 11.5 Å². The summed E-state index contributed by atoms with van der Waals surface area (Å²) in [5.41, 5.74) is 2.22. The van der Waals surface area contributed by atoms with E-state index in [1.165, 1.54) is 11.8 Å². The van der Waals surface area contributed by atoms with E-state index in [1.54, 1.807) is 6.07 Å². The first-order valence-corrected chi connectivity index (χ1v) is 9.50. The van der Waals surface area contributed by atoms with Crippen LogP contribution in [0.5, 0.6) is 11.5 Å². The standard InChI is InChI=1S/C19H19ClN2O3S/c1-13-6-7-14(2)17(10-13)24-12-18-21-22-19(25-18)26-9-8-23-16-5-3-4-15(20)11-16/h3-7,10-11H,8-9,12H2,1-2H3. The van der Waals surface area contributed by atoms with E-state index in [0.717, 1.165) is 22.6 Å². The first kappa shape index (κ1) is 18.6. The molecule has 0 aliphatic carbocycles. The Morgan fingerprint density at radius 2 is 1.96 bits per heavy atom. The SMILES string of the molecule is Cc1ccc(C)c(OCc2nnc(SCCOc3cccc(Cl)c3)o2)c1. The van der Waals surface area contributed by atoms with Gasteiger partial charge in [0.15, 0.2) is 6.61 Å². The Kier molecular flexibility index (Phi) is 6.41. The Morgan fingerprint density at radius 1 is 1.08 bits per heavy atom. The normalized spacial score (nSPS) is 10.7. The third kappa shape index (κ3) is 5.41. The van der Waals surface area contributed by atoms with Crippen LogP contribution in [0.15, 0.2) is 52.1 Å². The van der Waals surface area contributed by atoms with Crippen molar-refractivity contribution in [2.75, 3.05) is 12.4 Å². The number of halogens is 1. The molecule has 0 fully saturated rings. The van der Waals surface area contributed by atoms with Crippen molar-refractivity contribution in [3.05, 3.63) is 64.5 Å². The molecule has 0 spiro atoms. The Balaban J connectivity index is 1.43. The molecule has 0 unspecified atom stereocenters. The van der Waals surface area contributed by atoms with Gasteiger partial charge in [-0.05, 0) is 49.2 Å². The number of aryl methyl sites for hydroxylation is 2. The fourth-order valence-corrected chi connectivity index (χ4v) is 2.98.